The molecular formula is C41H25NS. The average molecular weight is 564 g/mol. The number of benzene rings is 7. The van der Waals surface area contributed by atoms with Gasteiger partial charge in [-0.15, -0.1) is 11.3 Å². The Morgan fingerprint density at radius 1 is 0.326 bits per heavy atom. The fourth-order valence-corrected chi connectivity index (χ4v) is 7.99. The zero-order valence-corrected chi connectivity index (χ0v) is 24.1. The smallest absolute Gasteiger partial charge is 0.0794 e. The van der Waals surface area contributed by atoms with Crippen LogP contribution >= 0.6 is 11.3 Å². The Morgan fingerprint density at radius 2 is 0.791 bits per heavy atom. The Morgan fingerprint density at radius 3 is 1.51 bits per heavy atom. The minimum absolute atomic E-state index is 0.985. The van der Waals surface area contributed by atoms with E-state index in [1.165, 1.54) is 69.4 Å². The number of aromatic nitrogens is 1. The highest BCUT2D eigenvalue weighted by molar-refractivity contribution is 7.26. The highest BCUT2D eigenvalue weighted by atomic mass is 32.1. The molecule has 2 heterocycles. The van der Waals surface area contributed by atoms with E-state index in [-0.39, 0.29) is 0 Å². The molecule has 0 atom stereocenters. The SMILES string of the molecule is c1ccc(-c2ccccc2-c2cccc3c2sc2ccccc23)c(-c2ccc3c4ccccc4c4ccccc4c3n2)c1. The number of hydrogen-bond acceptors (Lipinski definition) is 2. The molecule has 0 saturated carbocycles. The van der Waals surface area contributed by atoms with Crippen LogP contribution in [0.15, 0.2) is 152 Å². The molecule has 1 nitrogen and oxygen atoms in total. The summed E-state index contributed by atoms with van der Waals surface area (Å²) in [6.45, 7) is 0. The molecule has 7 aromatic carbocycles. The summed E-state index contributed by atoms with van der Waals surface area (Å²) in [5, 5.41) is 8.76. The zero-order chi connectivity index (χ0) is 28.3. The molecule has 2 aromatic heterocycles. The quantitative estimate of drug-likeness (QED) is 0.195. The Balaban J connectivity index is 1.28. The lowest BCUT2D eigenvalue weighted by Crippen LogP contribution is -1.92. The first-order valence-electron chi connectivity index (χ1n) is 14.6. The number of rotatable bonds is 3. The van der Waals surface area contributed by atoms with Crippen molar-refractivity contribution in [3.8, 4) is 33.5 Å². The van der Waals surface area contributed by atoms with E-state index in [4.69, 9.17) is 4.98 Å². The van der Waals surface area contributed by atoms with Gasteiger partial charge in [0, 0.05) is 42.1 Å². The van der Waals surface area contributed by atoms with Gasteiger partial charge in [0.05, 0.1) is 11.2 Å². The molecule has 43 heavy (non-hydrogen) atoms. The van der Waals surface area contributed by atoms with Gasteiger partial charge in [-0.1, -0.05) is 133 Å². The van der Waals surface area contributed by atoms with Crippen LogP contribution in [0.4, 0.5) is 0 Å². The van der Waals surface area contributed by atoms with Crippen LogP contribution in [-0.4, -0.2) is 4.98 Å². The van der Waals surface area contributed by atoms with Crippen molar-refractivity contribution in [1.82, 2.24) is 4.98 Å². The topological polar surface area (TPSA) is 12.9 Å². The average Bonchev–Trinajstić information content (AvgIpc) is 3.47. The van der Waals surface area contributed by atoms with E-state index < -0.39 is 0 Å². The molecule has 2 heteroatoms. The minimum Gasteiger partial charge on any atom is -0.247 e. The lowest BCUT2D eigenvalue weighted by molar-refractivity contribution is 1.41. The van der Waals surface area contributed by atoms with E-state index in [0.29, 0.717) is 0 Å². The predicted molar refractivity (Wildman–Crippen MR) is 186 cm³/mol. The van der Waals surface area contributed by atoms with Crippen LogP contribution in [0.2, 0.25) is 0 Å². The Bertz CT molecular complexity index is 2480. The van der Waals surface area contributed by atoms with Crippen molar-refractivity contribution in [2.24, 2.45) is 0 Å². The van der Waals surface area contributed by atoms with Crippen LogP contribution in [0, 0.1) is 0 Å². The van der Waals surface area contributed by atoms with Gasteiger partial charge in [0.2, 0.25) is 0 Å². The maximum Gasteiger partial charge on any atom is 0.0794 e. The van der Waals surface area contributed by atoms with E-state index in [9.17, 15) is 0 Å². The van der Waals surface area contributed by atoms with Crippen molar-refractivity contribution in [2.45, 2.75) is 0 Å². The fraction of sp³-hybridized carbons (Fsp3) is 0. The molecule has 0 radical (unpaired) electrons. The first kappa shape index (κ1) is 24.3. The van der Waals surface area contributed by atoms with Gasteiger partial charge in [-0.25, -0.2) is 4.98 Å². The third kappa shape index (κ3) is 3.74. The van der Waals surface area contributed by atoms with Gasteiger partial charge in [0.25, 0.3) is 0 Å². The summed E-state index contributed by atoms with van der Waals surface area (Å²) in [5.41, 5.74) is 8.08. The highest BCUT2D eigenvalue weighted by Gasteiger charge is 2.17. The largest absolute Gasteiger partial charge is 0.247 e. The van der Waals surface area contributed by atoms with E-state index >= 15 is 0 Å². The third-order valence-corrected chi connectivity index (χ3v) is 9.92. The standard InChI is InChI=1S/C41H25NS/c1-3-16-30-27(13-1)29-15-6-8-20-34(29)40-35(30)24-25-38(42-40)32-18-7-5-14-28(32)26-12-2-4-17-31(26)36-21-11-22-37-33-19-9-10-23-39(33)43-41(36)37/h1-25H. The molecule has 9 aromatic rings. The monoisotopic (exact) mass is 563 g/mol. The van der Waals surface area contributed by atoms with Gasteiger partial charge < -0.3 is 0 Å². The molecule has 0 spiro atoms. The lowest BCUT2D eigenvalue weighted by Gasteiger charge is -2.16. The van der Waals surface area contributed by atoms with Crippen LogP contribution in [0.3, 0.4) is 0 Å². The van der Waals surface area contributed by atoms with Crippen LogP contribution in [0.1, 0.15) is 0 Å². The predicted octanol–water partition coefficient (Wildman–Crippen LogP) is 11.9. The normalized spacial score (nSPS) is 11.7. The van der Waals surface area contributed by atoms with Gasteiger partial charge in [-0.3, -0.25) is 0 Å². The molecule has 9 rings (SSSR count). The summed E-state index contributed by atoms with van der Waals surface area (Å²) in [7, 11) is 0. The van der Waals surface area contributed by atoms with Gasteiger partial charge in [0.15, 0.2) is 0 Å². The van der Waals surface area contributed by atoms with Crippen LogP contribution in [0.25, 0.3) is 86.1 Å². The van der Waals surface area contributed by atoms with Gasteiger partial charge in [0.1, 0.15) is 0 Å². The lowest BCUT2D eigenvalue weighted by atomic mass is 9.90. The van der Waals surface area contributed by atoms with Gasteiger partial charge in [-0.2, -0.15) is 0 Å². The van der Waals surface area contributed by atoms with E-state index in [2.05, 4.69) is 152 Å². The van der Waals surface area contributed by atoms with Crippen LogP contribution in [-0.2, 0) is 0 Å². The molecule has 0 N–H and O–H groups in total. The molecule has 0 amide bonds. The fourth-order valence-electron chi connectivity index (χ4n) is 6.76. The number of nitrogens with zero attached hydrogens (tertiary/aromatic N) is 1. The summed E-state index contributed by atoms with van der Waals surface area (Å²) in [6.07, 6.45) is 0. The van der Waals surface area contributed by atoms with Gasteiger partial charge in [-0.05, 0) is 51.0 Å². The number of pyridine rings is 1. The van der Waals surface area contributed by atoms with Crippen LogP contribution in [0.5, 0.6) is 0 Å². The van der Waals surface area contributed by atoms with Crippen LogP contribution < -0.4 is 0 Å². The molecule has 0 aliphatic heterocycles. The molecule has 200 valence electrons. The highest BCUT2D eigenvalue weighted by Crippen LogP contribution is 2.44. The second kappa shape index (κ2) is 9.62. The van der Waals surface area contributed by atoms with Crippen molar-refractivity contribution in [3.63, 3.8) is 0 Å². The molecule has 0 bridgehead atoms. The van der Waals surface area contributed by atoms with Gasteiger partial charge >= 0.3 is 0 Å². The molecule has 0 unspecified atom stereocenters. The second-order valence-electron chi connectivity index (χ2n) is 11.1. The Labute approximate surface area is 253 Å². The third-order valence-electron chi connectivity index (χ3n) is 8.70. The maximum absolute atomic E-state index is 5.39. The Kier molecular flexibility index (Phi) is 5.44. The maximum atomic E-state index is 5.39. The number of fused-ring (bicyclic) bond motifs is 9. The van der Waals surface area contributed by atoms with E-state index in [1.807, 2.05) is 11.3 Å². The van der Waals surface area contributed by atoms with E-state index in [1.54, 1.807) is 0 Å². The molecular weight excluding hydrogens is 539 g/mol. The molecule has 0 aliphatic carbocycles. The summed E-state index contributed by atoms with van der Waals surface area (Å²) >= 11 is 1.88. The first-order valence-corrected chi connectivity index (χ1v) is 15.5. The van der Waals surface area contributed by atoms with Crippen molar-refractivity contribution in [2.75, 3.05) is 0 Å². The molecule has 0 fully saturated rings. The Hall–Kier alpha value is -5.31. The second-order valence-corrected chi connectivity index (χ2v) is 12.1. The number of hydrogen-bond donors (Lipinski definition) is 0. The molecule has 0 saturated heterocycles. The van der Waals surface area contributed by atoms with Crippen molar-refractivity contribution >= 4 is 64.0 Å². The zero-order valence-electron chi connectivity index (χ0n) is 23.3. The minimum atomic E-state index is 0.985. The number of thiophene rings is 1. The van der Waals surface area contributed by atoms with E-state index in [0.717, 1.165) is 16.8 Å². The molecule has 0 aliphatic rings. The summed E-state index contributed by atoms with van der Waals surface area (Å²) in [5.74, 6) is 0. The summed E-state index contributed by atoms with van der Waals surface area (Å²) < 4.78 is 2.65. The summed E-state index contributed by atoms with van der Waals surface area (Å²) in [4.78, 5) is 5.39. The summed E-state index contributed by atoms with van der Waals surface area (Å²) in [6, 6.07) is 54.7. The van der Waals surface area contributed by atoms with Crippen molar-refractivity contribution < 1.29 is 0 Å². The van der Waals surface area contributed by atoms with Crippen molar-refractivity contribution in [1.29, 1.82) is 0 Å². The first-order chi connectivity index (χ1) is 21.3. The van der Waals surface area contributed by atoms with Crippen molar-refractivity contribution in [3.05, 3.63) is 152 Å².